The van der Waals surface area contributed by atoms with Gasteiger partial charge >= 0.3 is 0 Å². The summed E-state index contributed by atoms with van der Waals surface area (Å²) in [6.07, 6.45) is 0. The van der Waals surface area contributed by atoms with Gasteiger partial charge in [-0.25, -0.2) is 5.48 Å². The number of nitrogens with zero attached hydrogens (tertiary/aromatic N) is 3. The third-order valence-electron chi connectivity index (χ3n) is 4.00. The second-order valence-corrected chi connectivity index (χ2v) is 7.19. The molecule has 0 aliphatic rings. The van der Waals surface area contributed by atoms with Gasteiger partial charge in [-0.05, 0) is 43.5 Å². The van der Waals surface area contributed by atoms with Gasteiger partial charge in [0.05, 0.1) is 18.0 Å². The van der Waals surface area contributed by atoms with Crippen LogP contribution in [0.3, 0.4) is 0 Å². The number of amides is 1. The summed E-state index contributed by atoms with van der Waals surface area (Å²) in [4.78, 5) is 17.3. The maximum atomic E-state index is 12.1. The summed E-state index contributed by atoms with van der Waals surface area (Å²) in [6.45, 7) is 6.33. The first kappa shape index (κ1) is 19.1. The van der Waals surface area contributed by atoms with E-state index in [2.05, 4.69) is 33.9 Å². The molecule has 0 spiro atoms. The fraction of sp³-hybridized carbons (Fsp3) is 0.250. The molecule has 0 fully saturated rings. The summed E-state index contributed by atoms with van der Waals surface area (Å²) in [6, 6.07) is 15.9. The molecule has 3 rings (SSSR count). The Labute approximate surface area is 162 Å². The van der Waals surface area contributed by atoms with Gasteiger partial charge in [-0.3, -0.25) is 14.2 Å². The monoisotopic (exact) mass is 382 g/mol. The predicted molar refractivity (Wildman–Crippen MR) is 106 cm³/mol. The number of hydrogen-bond donors (Lipinski definition) is 1. The fourth-order valence-electron chi connectivity index (χ4n) is 2.61. The molecule has 2 aromatic carbocycles. The van der Waals surface area contributed by atoms with Crippen LogP contribution in [0.15, 0.2) is 53.7 Å². The van der Waals surface area contributed by atoms with Crippen molar-refractivity contribution in [3.05, 3.63) is 71.0 Å². The molecule has 140 valence electrons. The molecule has 0 aliphatic heterocycles. The molecule has 1 heterocycles. The van der Waals surface area contributed by atoms with Crippen LogP contribution in [0.2, 0.25) is 0 Å². The van der Waals surface area contributed by atoms with Crippen LogP contribution >= 0.6 is 11.8 Å². The Kier molecular flexibility index (Phi) is 6.26. The Bertz CT molecular complexity index is 925. The Morgan fingerprint density at radius 3 is 2.67 bits per heavy atom. The van der Waals surface area contributed by atoms with E-state index < -0.39 is 0 Å². The van der Waals surface area contributed by atoms with Gasteiger partial charge in [0.25, 0.3) is 5.91 Å². The molecule has 27 heavy (non-hydrogen) atoms. The van der Waals surface area contributed by atoms with Crippen LogP contribution in [0.25, 0.3) is 5.69 Å². The van der Waals surface area contributed by atoms with Gasteiger partial charge in [0, 0.05) is 0 Å². The topological polar surface area (TPSA) is 69.0 Å². The van der Waals surface area contributed by atoms with Gasteiger partial charge in [-0.2, -0.15) is 0 Å². The highest BCUT2D eigenvalue weighted by Gasteiger charge is 2.15. The molecule has 1 amide bonds. The van der Waals surface area contributed by atoms with E-state index in [1.54, 1.807) is 0 Å². The van der Waals surface area contributed by atoms with Crippen LogP contribution in [0.1, 0.15) is 22.5 Å². The summed E-state index contributed by atoms with van der Waals surface area (Å²) < 4.78 is 1.98. The fourth-order valence-corrected chi connectivity index (χ4v) is 3.39. The molecule has 7 heteroatoms. The summed E-state index contributed by atoms with van der Waals surface area (Å²) >= 11 is 1.33. The molecule has 3 aromatic rings. The number of hydroxylamine groups is 1. The number of aromatic nitrogens is 3. The quantitative estimate of drug-likeness (QED) is 0.500. The zero-order valence-corrected chi connectivity index (χ0v) is 16.4. The molecule has 1 aromatic heterocycles. The van der Waals surface area contributed by atoms with Crippen molar-refractivity contribution in [3.63, 3.8) is 0 Å². The van der Waals surface area contributed by atoms with Crippen molar-refractivity contribution in [1.82, 2.24) is 20.2 Å². The van der Waals surface area contributed by atoms with Gasteiger partial charge < -0.3 is 0 Å². The van der Waals surface area contributed by atoms with Crippen molar-refractivity contribution in [3.8, 4) is 5.69 Å². The van der Waals surface area contributed by atoms with Crippen LogP contribution in [-0.2, 0) is 16.2 Å². The van der Waals surface area contributed by atoms with E-state index in [4.69, 9.17) is 4.84 Å². The molecule has 6 nitrogen and oxygen atoms in total. The third kappa shape index (κ3) is 4.96. The average molecular weight is 382 g/mol. The van der Waals surface area contributed by atoms with Gasteiger partial charge in [0.2, 0.25) is 0 Å². The van der Waals surface area contributed by atoms with E-state index >= 15 is 0 Å². The highest BCUT2D eigenvalue weighted by molar-refractivity contribution is 7.99. The zero-order valence-electron chi connectivity index (χ0n) is 15.6. The van der Waals surface area contributed by atoms with Crippen LogP contribution in [0, 0.1) is 20.8 Å². The average Bonchev–Trinajstić information content (AvgIpc) is 3.03. The molecule has 0 atom stereocenters. The van der Waals surface area contributed by atoms with E-state index in [9.17, 15) is 4.79 Å². The summed E-state index contributed by atoms with van der Waals surface area (Å²) in [5.74, 6) is 0.758. The number of benzene rings is 2. The largest absolute Gasteiger partial charge is 0.274 e. The molecule has 0 saturated heterocycles. The predicted octanol–water partition coefficient (Wildman–Crippen LogP) is 3.53. The highest BCUT2D eigenvalue weighted by atomic mass is 32.2. The van der Waals surface area contributed by atoms with Gasteiger partial charge in [0.15, 0.2) is 5.16 Å². The van der Waals surface area contributed by atoms with Crippen LogP contribution in [-0.4, -0.2) is 26.4 Å². The SMILES string of the molecule is Cc1ccc(C)c(-n2c(C)nnc2SCC(=O)NOCc2ccccc2)c1. The molecule has 1 N–H and O–H groups in total. The normalized spacial score (nSPS) is 10.8. The molecule has 0 aliphatic carbocycles. The van der Waals surface area contributed by atoms with Crippen LogP contribution in [0.5, 0.6) is 0 Å². The van der Waals surface area contributed by atoms with Gasteiger partial charge in [-0.15, -0.1) is 10.2 Å². The maximum absolute atomic E-state index is 12.1. The Hall–Kier alpha value is -2.64. The Morgan fingerprint density at radius 2 is 1.89 bits per heavy atom. The van der Waals surface area contributed by atoms with E-state index in [-0.39, 0.29) is 11.7 Å². The maximum Gasteiger partial charge on any atom is 0.254 e. The van der Waals surface area contributed by atoms with Crippen molar-refractivity contribution < 1.29 is 9.63 Å². The molecular formula is C20H22N4O2S. The number of hydrogen-bond acceptors (Lipinski definition) is 5. The number of rotatable bonds is 7. The first-order chi connectivity index (χ1) is 13.0. The molecule has 0 saturated carbocycles. The van der Waals surface area contributed by atoms with E-state index in [0.29, 0.717) is 11.8 Å². The summed E-state index contributed by atoms with van der Waals surface area (Å²) in [5.41, 5.74) is 6.78. The van der Waals surface area contributed by atoms with E-state index in [0.717, 1.165) is 28.2 Å². The highest BCUT2D eigenvalue weighted by Crippen LogP contribution is 2.24. The molecule has 0 bridgehead atoms. The molecule has 0 radical (unpaired) electrons. The lowest BCUT2D eigenvalue weighted by molar-refractivity contribution is -0.131. The van der Waals surface area contributed by atoms with Crippen molar-refractivity contribution in [2.24, 2.45) is 0 Å². The lowest BCUT2D eigenvalue weighted by Crippen LogP contribution is -2.25. The molecule has 0 unspecified atom stereocenters. The second-order valence-electron chi connectivity index (χ2n) is 6.24. The van der Waals surface area contributed by atoms with E-state index in [1.807, 2.05) is 55.7 Å². The lowest BCUT2D eigenvalue weighted by atomic mass is 10.1. The van der Waals surface area contributed by atoms with Crippen molar-refractivity contribution in [2.75, 3.05) is 5.75 Å². The minimum absolute atomic E-state index is 0.192. The first-order valence-corrected chi connectivity index (χ1v) is 9.60. The number of nitrogens with one attached hydrogen (secondary N) is 1. The summed E-state index contributed by atoms with van der Waals surface area (Å²) in [7, 11) is 0. The smallest absolute Gasteiger partial charge is 0.254 e. The van der Waals surface area contributed by atoms with Crippen LogP contribution < -0.4 is 5.48 Å². The van der Waals surface area contributed by atoms with Crippen molar-refractivity contribution in [1.29, 1.82) is 0 Å². The Morgan fingerprint density at radius 1 is 1.11 bits per heavy atom. The minimum Gasteiger partial charge on any atom is -0.274 e. The van der Waals surface area contributed by atoms with Gasteiger partial charge in [-0.1, -0.05) is 54.2 Å². The second kappa shape index (κ2) is 8.83. The number of thioether (sulfide) groups is 1. The number of carbonyl (C=O) groups excluding carboxylic acids is 1. The van der Waals surface area contributed by atoms with Gasteiger partial charge in [0.1, 0.15) is 5.82 Å². The first-order valence-electron chi connectivity index (χ1n) is 8.61. The minimum atomic E-state index is -0.218. The third-order valence-corrected chi connectivity index (χ3v) is 4.93. The summed E-state index contributed by atoms with van der Waals surface area (Å²) in [5, 5.41) is 9.07. The Balaban J connectivity index is 1.60. The zero-order chi connectivity index (χ0) is 19.2. The number of carbonyl (C=O) groups is 1. The standard InChI is InChI=1S/C20H22N4O2S/c1-14-9-10-15(2)18(11-14)24-16(3)21-22-20(24)27-13-19(25)23-26-12-17-7-5-4-6-8-17/h4-11H,12-13H2,1-3H3,(H,23,25). The van der Waals surface area contributed by atoms with Crippen molar-refractivity contribution >= 4 is 17.7 Å². The van der Waals surface area contributed by atoms with Crippen LogP contribution in [0.4, 0.5) is 0 Å². The number of aryl methyl sites for hydroxylation is 3. The molecular weight excluding hydrogens is 360 g/mol. The van der Waals surface area contributed by atoms with Crippen molar-refractivity contribution in [2.45, 2.75) is 32.5 Å². The lowest BCUT2D eigenvalue weighted by Gasteiger charge is -2.12. The van der Waals surface area contributed by atoms with E-state index in [1.165, 1.54) is 11.8 Å².